The van der Waals surface area contributed by atoms with Gasteiger partial charge in [-0.1, -0.05) is 49.5 Å². The highest BCUT2D eigenvalue weighted by Gasteiger charge is 2.21. The monoisotopic (exact) mass is 430 g/mol. The van der Waals surface area contributed by atoms with Crippen molar-refractivity contribution in [2.24, 2.45) is 0 Å². The molecule has 0 bridgehead atoms. The molecule has 2 nitrogen and oxygen atoms in total. The Bertz CT molecular complexity index is 688. The molecule has 0 radical (unpaired) electrons. The van der Waals surface area contributed by atoms with Gasteiger partial charge in [0.25, 0.3) is 0 Å². The van der Waals surface area contributed by atoms with E-state index in [2.05, 4.69) is 38.8 Å². The first-order valence-electron chi connectivity index (χ1n) is 6.55. The minimum atomic E-state index is 0.0555. The Kier molecular flexibility index (Phi) is 4.48. The second kappa shape index (κ2) is 6.19. The van der Waals surface area contributed by atoms with Crippen LogP contribution >= 0.6 is 43.5 Å². The number of aryl methyl sites for hydroxylation is 1. The van der Waals surface area contributed by atoms with Crippen LogP contribution in [0.3, 0.4) is 0 Å². The molecule has 110 valence electrons. The maximum absolute atomic E-state index is 6.03. The average molecular weight is 433 g/mol. The van der Waals surface area contributed by atoms with E-state index in [-0.39, 0.29) is 4.83 Å². The van der Waals surface area contributed by atoms with Crippen LogP contribution in [-0.4, -0.2) is 13.2 Å². The molecule has 0 amide bonds. The lowest BCUT2D eigenvalue weighted by Crippen LogP contribution is -2.15. The van der Waals surface area contributed by atoms with Gasteiger partial charge in [0, 0.05) is 9.50 Å². The largest absolute Gasteiger partial charge is 0.486 e. The molecule has 0 saturated heterocycles. The van der Waals surface area contributed by atoms with Crippen molar-refractivity contribution in [3.63, 3.8) is 0 Å². The molecule has 1 atom stereocenters. The first-order chi connectivity index (χ1) is 10.1. The fourth-order valence-electron chi connectivity index (χ4n) is 2.36. The molecular formula is C16H13Br2ClO2. The lowest BCUT2D eigenvalue weighted by molar-refractivity contribution is 0.171. The summed E-state index contributed by atoms with van der Waals surface area (Å²) in [6.07, 6.45) is 0. The van der Waals surface area contributed by atoms with Crippen molar-refractivity contribution < 1.29 is 9.47 Å². The topological polar surface area (TPSA) is 18.5 Å². The van der Waals surface area contributed by atoms with Gasteiger partial charge in [0.15, 0.2) is 11.5 Å². The van der Waals surface area contributed by atoms with Crippen molar-refractivity contribution in [2.45, 2.75) is 11.8 Å². The van der Waals surface area contributed by atoms with Crippen LogP contribution in [0.2, 0.25) is 5.02 Å². The second-order valence-corrected chi connectivity index (χ2v) is 7.09. The molecule has 1 heterocycles. The zero-order valence-electron chi connectivity index (χ0n) is 11.3. The molecule has 0 spiro atoms. The molecule has 1 aliphatic rings. The van der Waals surface area contributed by atoms with Gasteiger partial charge in [-0.2, -0.15) is 0 Å². The van der Waals surface area contributed by atoms with Crippen LogP contribution in [-0.2, 0) is 0 Å². The minimum Gasteiger partial charge on any atom is -0.486 e. The van der Waals surface area contributed by atoms with E-state index in [1.165, 1.54) is 5.56 Å². The number of alkyl halides is 1. The standard InChI is InChI=1S/C16H13Br2ClO2/c1-9-6-10(19)2-3-11(9)16(18)12-7-14-15(8-13(12)17)21-5-4-20-14/h2-3,6-8,16H,4-5H2,1H3. The first kappa shape index (κ1) is 15.2. The highest BCUT2D eigenvalue weighted by atomic mass is 79.9. The Morgan fingerprint density at radius 3 is 2.38 bits per heavy atom. The van der Waals surface area contributed by atoms with Gasteiger partial charge in [-0.15, -0.1) is 0 Å². The lowest BCUT2D eigenvalue weighted by atomic mass is 10.00. The third kappa shape index (κ3) is 3.08. The Labute approximate surface area is 145 Å². The van der Waals surface area contributed by atoms with E-state index in [1.807, 2.05) is 30.3 Å². The molecule has 0 aliphatic carbocycles. The first-order valence-corrected chi connectivity index (χ1v) is 8.64. The van der Waals surface area contributed by atoms with Gasteiger partial charge in [0.2, 0.25) is 0 Å². The van der Waals surface area contributed by atoms with Crippen LogP contribution in [0.5, 0.6) is 11.5 Å². The van der Waals surface area contributed by atoms with Crippen molar-refractivity contribution in [1.82, 2.24) is 0 Å². The van der Waals surface area contributed by atoms with Gasteiger partial charge in [0.1, 0.15) is 13.2 Å². The van der Waals surface area contributed by atoms with E-state index in [1.54, 1.807) is 0 Å². The molecule has 3 rings (SSSR count). The summed E-state index contributed by atoms with van der Waals surface area (Å²) < 4.78 is 12.3. The molecule has 2 aromatic rings. The third-order valence-electron chi connectivity index (χ3n) is 3.44. The van der Waals surface area contributed by atoms with Crippen LogP contribution in [0.15, 0.2) is 34.8 Å². The molecule has 1 unspecified atom stereocenters. The Balaban J connectivity index is 2.03. The SMILES string of the molecule is Cc1cc(Cl)ccc1C(Br)c1cc2c(cc1Br)OCCO2. The van der Waals surface area contributed by atoms with E-state index in [0.717, 1.165) is 32.1 Å². The molecule has 0 N–H and O–H groups in total. The number of fused-ring (bicyclic) bond motifs is 1. The van der Waals surface area contributed by atoms with Crippen molar-refractivity contribution >= 4 is 43.5 Å². The quantitative estimate of drug-likeness (QED) is 0.570. The number of benzene rings is 2. The van der Waals surface area contributed by atoms with Gasteiger partial charge in [0.05, 0.1) is 4.83 Å². The summed E-state index contributed by atoms with van der Waals surface area (Å²) in [5.41, 5.74) is 3.42. The third-order valence-corrected chi connectivity index (χ3v) is 5.35. The summed E-state index contributed by atoms with van der Waals surface area (Å²) in [7, 11) is 0. The zero-order valence-corrected chi connectivity index (χ0v) is 15.3. The van der Waals surface area contributed by atoms with Crippen molar-refractivity contribution in [2.75, 3.05) is 13.2 Å². The van der Waals surface area contributed by atoms with Crippen molar-refractivity contribution in [3.05, 3.63) is 56.5 Å². The van der Waals surface area contributed by atoms with E-state index in [4.69, 9.17) is 21.1 Å². The predicted octanol–water partition coefficient (Wildman–Crippen LogP) is 5.67. The number of hydrogen-bond donors (Lipinski definition) is 0. The van der Waals surface area contributed by atoms with E-state index in [0.29, 0.717) is 13.2 Å². The van der Waals surface area contributed by atoms with Gasteiger partial charge in [-0.3, -0.25) is 0 Å². The predicted molar refractivity (Wildman–Crippen MR) is 92.1 cm³/mol. The molecule has 1 aliphatic heterocycles. The highest BCUT2D eigenvalue weighted by molar-refractivity contribution is 9.11. The van der Waals surface area contributed by atoms with E-state index in [9.17, 15) is 0 Å². The molecule has 0 saturated carbocycles. The van der Waals surface area contributed by atoms with Gasteiger partial charge in [-0.25, -0.2) is 0 Å². The Hall–Kier alpha value is -0.710. The molecular weight excluding hydrogens is 419 g/mol. The maximum Gasteiger partial charge on any atom is 0.162 e. The summed E-state index contributed by atoms with van der Waals surface area (Å²) in [5, 5.41) is 0.747. The minimum absolute atomic E-state index is 0.0555. The summed E-state index contributed by atoms with van der Waals surface area (Å²) in [4.78, 5) is 0.0555. The molecule has 0 fully saturated rings. The fraction of sp³-hybridized carbons (Fsp3) is 0.250. The summed E-state index contributed by atoms with van der Waals surface area (Å²) in [6.45, 7) is 3.23. The molecule has 21 heavy (non-hydrogen) atoms. The Morgan fingerprint density at radius 2 is 1.71 bits per heavy atom. The number of rotatable bonds is 2. The average Bonchev–Trinajstić information content (AvgIpc) is 2.46. The maximum atomic E-state index is 6.03. The van der Waals surface area contributed by atoms with Crippen LogP contribution in [0.1, 0.15) is 21.5 Å². The van der Waals surface area contributed by atoms with Crippen LogP contribution in [0.25, 0.3) is 0 Å². The highest BCUT2D eigenvalue weighted by Crippen LogP contribution is 2.43. The zero-order chi connectivity index (χ0) is 15.0. The fourth-order valence-corrected chi connectivity index (χ4v) is 4.34. The number of halogens is 3. The summed E-state index contributed by atoms with van der Waals surface area (Å²) >= 11 is 13.4. The van der Waals surface area contributed by atoms with Crippen LogP contribution < -0.4 is 9.47 Å². The van der Waals surface area contributed by atoms with Crippen molar-refractivity contribution in [1.29, 1.82) is 0 Å². The normalized spacial score (nSPS) is 14.9. The molecule has 2 aromatic carbocycles. The second-order valence-electron chi connectivity index (χ2n) is 4.88. The van der Waals surface area contributed by atoms with Crippen LogP contribution in [0, 0.1) is 6.92 Å². The smallest absolute Gasteiger partial charge is 0.162 e. The van der Waals surface area contributed by atoms with Crippen molar-refractivity contribution in [3.8, 4) is 11.5 Å². The summed E-state index contributed by atoms with van der Waals surface area (Å²) in [6, 6.07) is 9.90. The summed E-state index contributed by atoms with van der Waals surface area (Å²) in [5.74, 6) is 1.57. The van der Waals surface area contributed by atoms with Gasteiger partial charge >= 0.3 is 0 Å². The van der Waals surface area contributed by atoms with E-state index < -0.39 is 0 Å². The van der Waals surface area contributed by atoms with Crippen LogP contribution in [0.4, 0.5) is 0 Å². The number of hydrogen-bond acceptors (Lipinski definition) is 2. The van der Waals surface area contributed by atoms with Gasteiger partial charge < -0.3 is 9.47 Å². The number of ether oxygens (including phenoxy) is 2. The van der Waals surface area contributed by atoms with Gasteiger partial charge in [-0.05, 0) is 47.9 Å². The van der Waals surface area contributed by atoms with E-state index >= 15 is 0 Å². The Morgan fingerprint density at radius 1 is 1.05 bits per heavy atom. The molecule has 5 heteroatoms. The lowest BCUT2D eigenvalue weighted by Gasteiger charge is -2.22. The molecule has 0 aromatic heterocycles.